The largest absolute Gasteiger partial charge is 0.496 e. The van der Waals surface area contributed by atoms with Gasteiger partial charge in [-0.1, -0.05) is 36.9 Å². The summed E-state index contributed by atoms with van der Waals surface area (Å²) in [6.07, 6.45) is 7.49. The van der Waals surface area contributed by atoms with Crippen molar-refractivity contribution >= 4 is 18.2 Å². The van der Waals surface area contributed by atoms with Crippen LogP contribution in [-0.2, 0) is 102 Å². The van der Waals surface area contributed by atoms with E-state index in [1.54, 1.807) is 20.3 Å². The van der Waals surface area contributed by atoms with E-state index in [1.165, 1.54) is 0 Å². The van der Waals surface area contributed by atoms with Crippen LogP contribution in [0.2, 0.25) is 0 Å². The molecule has 0 aromatic heterocycles. The predicted molar refractivity (Wildman–Crippen MR) is 239 cm³/mol. The van der Waals surface area contributed by atoms with Crippen molar-refractivity contribution in [2.45, 2.75) is 12.8 Å². The van der Waals surface area contributed by atoms with E-state index in [0.717, 1.165) is 35.3 Å². The van der Waals surface area contributed by atoms with Crippen molar-refractivity contribution in [3.05, 3.63) is 59.7 Å². The SMILES string of the molecule is C=Cc1cc(OCCOOCCOOCCOOCCOOCCOOCCOOCCOOCCOOCCOOCCOOCCOC)c(/C=C/c2ccc(OCCCCN)cc2)cc1OC. The molecule has 0 aliphatic carbocycles. The van der Waals surface area contributed by atoms with Crippen LogP contribution in [0.4, 0.5) is 0 Å². The summed E-state index contributed by atoms with van der Waals surface area (Å²) in [4.78, 5) is 98.7. The fraction of sp³-hybridized carbons (Fsp3) is 0.636. The third-order valence-corrected chi connectivity index (χ3v) is 7.66. The summed E-state index contributed by atoms with van der Waals surface area (Å²) in [5, 5.41) is 0. The van der Waals surface area contributed by atoms with Gasteiger partial charge in [0.2, 0.25) is 0 Å². The number of unbranched alkanes of at least 4 members (excludes halogenated alkanes) is 1. The van der Waals surface area contributed by atoms with Crippen LogP contribution in [0.1, 0.15) is 29.5 Å². The van der Waals surface area contributed by atoms with E-state index in [4.69, 9.17) is 122 Å². The Balaban J connectivity index is 1.29. The molecule has 0 bridgehead atoms. The molecule has 0 heterocycles. The number of methoxy groups -OCH3 is 2. The Kier molecular flexibility index (Phi) is 42.9. The summed E-state index contributed by atoms with van der Waals surface area (Å²) in [6.45, 7) is 8.63. The minimum absolute atomic E-state index is 0.108. The first-order valence-electron chi connectivity index (χ1n) is 22.2. The molecule has 0 unspecified atom stereocenters. The fourth-order valence-electron chi connectivity index (χ4n) is 4.57. The van der Waals surface area contributed by atoms with E-state index in [0.29, 0.717) is 37.9 Å². The second kappa shape index (κ2) is 48.1. The third-order valence-electron chi connectivity index (χ3n) is 7.66. The van der Waals surface area contributed by atoms with Gasteiger partial charge < -0.3 is 24.7 Å². The summed E-state index contributed by atoms with van der Waals surface area (Å²) in [5.41, 5.74) is 8.15. The number of rotatable bonds is 53. The summed E-state index contributed by atoms with van der Waals surface area (Å²) in [6, 6.07) is 11.6. The molecular formula is C44H71NO24. The highest BCUT2D eigenvalue weighted by molar-refractivity contribution is 5.75. The Hall–Kier alpha value is -3.56. The van der Waals surface area contributed by atoms with Crippen LogP contribution in [0.25, 0.3) is 18.2 Å². The average molecular weight is 998 g/mol. The summed E-state index contributed by atoms with van der Waals surface area (Å²) in [5.74, 6) is 2.11. The maximum Gasteiger partial charge on any atom is 0.127 e. The van der Waals surface area contributed by atoms with Crippen molar-refractivity contribution in [1.29, 1.82) is 0 Å². The van der Waals surface area contributed by atoms with E-state index in [9.17, 15) is 0 Å². The van der Waals surface area contributed by atoms with Crippen LogP contribution in [0.15, 0.2) is 43.0 Å². The molecule has 0 amide bonds. The Bertz CT molecular complexity index is 1460. The van der Waals surface area contributed by atoms with Crippen LogP contribution in [0.3, 0.4) is 0 Å². The molecule has 25 heteroatoms. The molecule has 69 heavy (non-hydrogen) atoms. The maximum atomic E-state index is 6.01. The van der Waals surface area contributed by atoms with E-state index < -0.39 is 0 Å². The van der Waals surface area contributed by atoms with Crippen molar-refractivity contribution in [2.24, 2.45) is 5.73 Å². The molecule has 0 aliphatic rings. The molecular weight excluding hydrogens is 926 g/mol. The van der Waals surface area contributed by atoms with Gasteiger partial charge >= 0.3 is 0 Å². The highest BCUT2D eigenvalue weighted by atomic mass is 17.3. The Morgan fingerprint density at radius 2 is 0.725 bits per heavy atom. The Morgan fingerprint density at radius 3 is 1.06 bits per heavy atom. The average Bonchev–Trinajstić information content (AvgIpc) is 3.37. The zero-order valence-electron chi connectivity index (χ0n) is 39.7. The first-order valence-corrected chi connectivity index (χ1v) is 22.2. The summed E-state index contributed by atoms with van der Waals surface area (Å²) >= 11 is 0. The van der Waals surface area contributed by atoms with Gasteiger partial charge in [-0.2, -0.15) is 0 Å². The minimum Gasteiger partial charge on any atom is -0.496 e. The van der Waals surface area contributed by atoms with E-state index in [2.05, 4.69) is 6.58 Å². The van der Waals surface area contributed by atoms with Gasteiger partial charge in [-0.05, 0) is 49.2 Å². The van der Waals surface area contributed by atoms with Crippen molar-refractivity contribution in [1.82, 2.24) is 0 Å². The molecule has 2 aromatic carbocycles. The lowest BCUT2D eigenvalue weighted by Crippen LogP contribution is -2.13. The van der Waals surface area contributed by atoms with E-state index >= 15 is 0 Å². The van der Waals surface area contributed by atoms with Gasteiger partial charge in [-0.25, -0.2) is 97.8 Å². The molecule has 2 N–H and O–H groups in total. The first-order chi connectivity index (χ1) is 34.2. The zero-order valence-corrected chi connectivity index (χ0v) is 39.7. The van der Waals surface area contributed by atoms with Crippen molar-refractivity contribution in [3.63, 3.8) is 0 Å². The quantitative estimate of drug-likeness (QED) is 0.0423. The molecule has 0 saturated carbocycles. The molecule has 2 rings (SSSR count). The standard InChI is InChI=1S/C44H71NO24/c1-4-40-37-44(41(38-43(40)47-3)10-7-39-8-11-42(12-9-39)48-14-6-5-13-45)49-16-18-51-53-20-22-55-57-24-26-59-61-28-30-63-65-32-34-67-69-36-35-68-66-33-31-64-62-29-27-60-58-25-23-56-54-21-19-52-50-17-15-46-2/h4,7-12,37-38H,1,5-6,13-36,45H2,2-3H3/b10-7+. The van der Waals surface area contributed by atoms with Crippen molar-refractivity contribution < 1.29 is 117 Å². The third kappa shape index (κ3) is 37.0. The lowest BCUT2D eigenvalue weighted by Gasteiger charge is -2.13. The number of hydrogen-bond donors (Lipinski definition) is 1. The lowest BCUT2D eigenvalue weighted by molar-refractivity contribution is -0.379. The number of nitrogens with two attached hydrogens (primary N) is 1. The van der Waals surface area contributed by atoms with Crippen LogP contribution in [-0.4, -0.2) is 173 Å². The molecule has 25 nitrogen and oxygen atoms in total. The second-order valence-electron chi connectivity index (χ2n) is 12.9. The second-order valence-corrected chi connectivity index (χ2v) is 12.9. The van der Waals surface area contributed by atoms with Crippen molar-refractivity contribution in [3.8, 4) is 17.2 Å². The maximum absolute atomic E-state index is 6.01. The number of benzene rings is 2. The molecule has 0 spiro atoms. The van der Waals surface area contributed by atoms with Gasteiger partial charge in [0.05, 0.1) is 20.3 Å². The molecule has 0 aliphatic heterocycles. The molecule has 396 valence electrons. The molecule has 2 aromatic rings. The van der Waals surface area contributed by atoms with Crippen LogP contribution in [0.5, 0.6) is 17.2 Å². The summed E-state index contributed by atoms with van der Waals surface area (Å²) < 4.78 is 22.1. The topological polar surface area (TPSA) is 248 Å². The van der Waals surface area contributed by atoms with Crippen LogP contribution < -0.4 is 19.9 Å². The highest BCUT2D eigenvalue weighted by Crippen LogP contribution is 2.31. The van der Waals surface area contributed by atoms with Crippen LogP contribution >= 0.6 is 0 Å². The Labute approximate surface area is 402 Å². The molecule has 0 radical (unpaired) electrons. The van der Waals surface area contributed by atoms with Gasteiger partial charge in [0.25, 0.3) is 0 Å². The normalized spacial score (nSPS) is 11.5. The van der Waals surface area contributed by atoms with Crippen molar-refractivity contribution in [2.75, 3.05) is 173 Å². The van der Waals surface area contributed by atoms with E-state index in [-0.39, 0.29) is 132 Å². The molecule has 0 saturated heterocycles. The summed E-state index contributed by atoms with van der Waals surface area (Å²) in [7, 11) is 3.17. The van der Waals surface area contributed by atoms with Crippen LogP contribution in [0, 0.1) is 0 Å². The predicted octanol–water partition coefficient (Wildman–Crippen LogP) is 4.13. The fourth-order valence-corrected chi connectivity index (χ4v) is 4.57. The minimum atomic E-state index is 0.108. The molecule has 0 fully saturated rings. The molecule has 0 atom stereocenters. The van der Waals surface area contributed by atoms with Gasteiger partial charge in [-0.15, -0.1) is 0 Å². The van der Waals surface area contributed by atoms with E-state index in [1.807, 2.05) is 48.6 Å². The van der Waals surface area contributed by atoms with Gasteiger partial charge in [0.15, 0.2) is 0 Å². The smallest absolute Gasteiger partial charge is 0.127 e. The first kappa shape index (κ1) is 61.6. The van der Waals surface area contributed by atoms with Gasteiger partial charge in [0.1, 0.15) is 156 Å². The monoisotopic (exact) mass is 997 g/mol. The van der Waals surface area contributed by atoms with Gasteiger partial charge in [-0.3, -0.25) is 0 Å². The zero-order chi connectivity index (χ0) is 49.2. The number of ether oxygens (including phenoxy) is 4. The van der Waals surface area contributed by atoms with Gasteiger partial charge in [0, 0.05) is 18.2 Å². The lowest BCUT2D eigenvalue weighted by atomic mass is 10.1. The Morgan fingerprint density at radius 1 is 0.377 bits per heavy atom. The highest BCUT2D eigenvalue weighted by Gasteiger charge is 2.09. The number of hydrogen-bond acceptors (Lipinski definition) is 25.